The number of aryl methyl sites for hydroxylation is 2. The standard InChI is InChI=1S/C17H19NS/c1-11-7-8-13(9-12(11)2)17(18)15-10-19-16-6-4-3-5-14(15)16/h3-9,15,17H,10,18H2,1-2H3. The van der Waals surface area contributed by atoms with Gasteiger partial charge in [0.1, 0.15) is 0 Å². The zero-order chi connectivity index (χ0) is 13.4. The highest BCUT2D eigenvalue weighted by molar-refractivity contribution is 7.99. The number of hydrogen-bond acceptors (Lipinski definition) is 2. The van der Waals surface area contributed by atoms with Gasteiger partial charge in [-0.2, -0.15) is 0 Å². The second-order valence-corrected chi connectivity index (χ2v) is 6.39. The summed E-state index contributed by atoms with van der Waals surface area (Å²) in [7, 11) is 0. The third kappa shape index (κ3) is 2.31. The molecule has 2 aromatic rings. The number of benzene rings is 2. The van der Waals surface area contributed by atoms with Gasteiger partial charge in [-0.3, -0.25) is 0 Å². The van der Waals surface area contributed by atoms with Crippen molar-refractivity contribution in [3.8, 4) is 0 Å². The van der Waals surface area contributed by atoms with Crippen LogP contribution in [0.15, 0.2) is 47.4 Å². The minimum Gasteiger partial charge on any atom is -0.323 e. The fourth-order valence-corrected chi connectivity index (χ4v) is 4.00. The van der Waals surface area contributed by atoms with Gasteiger partial charge < -0.3 is 5.73 Å². The van der Waals surface area contributed by atoms with Crippen LogP contribution in [-0.4, -0.2) is 5.75 Å². The minimum atomic E-state index is 0.0930. The van der Waals surface area contributed by atoms with Crippen molar-refractivity contribution in [2.24, 2.45) is 5.73 Å². The van der Waals surface area contributed by atoms with E-state index in [0.717, 1.165) is 5.75 Å². The van der Waals surface area contributed by atoms with E-state index in [2.05, 4.69) is 56.3 Å². The fraction of sp³-hybridized carbons (Fsp3) is 0.294. The molecule has 2 heteroatoms. The van der Waals surface area contributed by atoms with Crippen LogP contribution in [0.2, 0.25) is 0 Å². The van der Waals surface area contributed by atoms with Crippen molar-refractivity contribution in [3.63, 3.8) is 0 Å². The van der Waals surface area contributed by atoms with Crippen LogP contribution in [0.1, 0.15) is 34.2 Å². The molecule has 0 saturated carbocycles. The second-order valence-electron chi connectivity index (χ2n) is 5.32. The summed E-state index contributed by atoms with van der Waals surface area (Å²) in [6.45, 7) is 4.30. The Morgan fingerprint density at radius 1 is 1.11 bits per heavy atom. The molecule has 19 heavy (non-hydrogen) atoms. The number of thioether (sulfide) groups is 1. The highest BCUT2D eigenvalue weighted by atomic mass is 32.2. The lowest BCUT2D eigenvalue weighted by molar-refractivity contribution is 0.607. The molecule has 2 aromatic carbocycles. The first kappa shape index (κ1) is 12.8. The van der Waals surface area contributed by atoms with Gasteiger partial charge >= 0.3 is 0 Å². The Hall–Kier alpha value is -1.25. The molecular formula is C17H19NS. The molecule has 0 amide bonds. The molecule has 0 aliphatic carbocycles. The molecule has 3 rings (SSSR count). The van der Waals surface area contributed by atoms with Crippen molar-refractivity contribution >= 4 is 11.8 Å². The minimum absolute atomic E-state index is 0.0930. The second kappa shape index (κ2) is 5.03. The normalized spacial score (nSPS) is 19.2. The molecule has 2 N–H and O–H groups in total. The third-order valence-electron chi connectivity index (χ3n) is 4.09. The van der Waals surface area contributed by atoms with Crippen LogP contribution in [0.4, 0.5) is 0 Å². The summed E-state index contributed by atoms with van der Waals surface area (Å²) in [6, 6.07) is 15.3. The third-order valence-corrected chi connectivity index (χ3v) is 5.29. The maximum absolute atomic E-state index is 6.52. The van der Waals surface area contributed by atoms with Crippen molar-refractivity contribution in [1.29, 1.82) is 0 Å². The van der Waals surface area contributed by atoms with Gasteiger partial charge in [0.05, 0.1) is 0 Å². The first-order valence-corrected chi connectivity index (χ1v) is 7.70. The zero-order valence-corrected chi connectivity index (χ0v) is 12.2. The van der Waals surface area contributed by atoms with E-state index in [1.807, 2.05) is 11.8 Å². The molecule has 1 aliphatic rings. The van der Waals surface area contributed by atoms with Crippen LogP contribution in [-0.2, 0) is 0 Å². The van der Waals surface area contributed by atoms with Crippen molar-refractivity contribution < 1.29 is 0 Å². The van der Waals surface area contributed by atoms with Gasteiger partial charge in [-0.25, -0.2) is 0 Å². The van der Waals surface area contributed by atoms with Crippen LogP contribution in [0.5, 0.6) is 0 Å². The highest BCUT2D eigenvalue weighted by Crippen LogP contribution is 2.44. The Morgan fingerprint density at radius 2 is 1.89 bits per heavy atom. The predicted molar refractivity (Wildman–Crippen MR) is 82.8 cm³/mol. The van der Waals surface area contributed by atoms with Crippen molar-refractivity contribution in [1.82, 2.24) is 0 Å². The quantitative estimate of drug-likeness (QED) is 0.884. The van der Waals surface area contributed by atoms with Gasteiger partial charge in [0.25, 0.3) is 0 Å². The molecule has 2 atom stereocenters. The Balaban J connectivity index is 1.93. The van der Waals surface area contributed by atoms with Crippen molar-refractivity contribution in [2.75, 3.05) is 5.75 Å². The van der Waals surface area contributed by atoms with Crippen LogP contribution < -0.4 is 5.73 Å². The van der Waals surface area contributed by atoms with Crippen molar-refractivity contribution in [3.05, 3.63) is 64.7 Å². The maximum atomic E-state index is 6.52. The predicted octanol–water partition coefficient (Wildman–Crippen LogP) is 4.19. The molecule has 0 spiro atoms. The lowest BCUT2D eigenvalue weighted by Crippen LogP contribution is -2.20. The summed E-state index contributed by atoms with van der Waals surface area (Å²) >= 11 is 1.93. The SMILES string of the molecule is Cc1ccc(C(N)C2CSc3ccccc32)cc1C. The zero-order valence-electron chi connectivity index (χ0n) is 11.4. The first-order chi connectivity index (χ1) is 9.16. The molecule has 1 aliphatic heterocycles. The summed E-state index contributed by atoms with van der Waals surface area (Å²) < 4.78 is 0. The topological polar surface area (TPSA) is 26.0 Å². The van der Waals surface area contributed by atoms with E-state index >= 15 is 0 Å². The van der Waals surface area contributed by atoms with E-state index in [-0.39, 0.29) is 6.04 Å². The molecule has 0 radical (unpaired) electrons. The van der Waals surface area contributed by atoms with E-state index in [1.54, 1.807) is 0 Å². The van der Waals surface area contributed by atoms with Gasteiger partial charge in [-0.05, 0) is 42.2 Å². The lowest BCUT2D eigenvalue weighted by Gasteiger charge is -2.21. The van der Waals surface area contributed by atoms with E-state index in [0.29, 0.717) is 5.92 Å². The maximum Gasteiger partial charge on any atom is 0.0373 e. The number of fused-ring (bicyclic) bond motifs is 1. The number of hydrogen-bond donors (Lipinski definition) is 1. The molecular weight excluding hydrogens is 250 g/mol. The Morgan fingerprint density at radius 3 is 2.68 bits per heavy atom. The summed E-state index contributed by atoms with van der Waals surface area (Å²) in [5, 5.41) is 0. The summed E-state index contributed by atoms with van der Waals surface area (Å²) in [6.07, 6.45) is 0. The Labute approximate surface area is 119 Å². The summed E-state index contributed by atoms with van der Waals surface area (Å²) in [5.41, 5.74) is 11.8. The van der Waals surface area contributed by atoms with Gasteiger partial charge in [0.15, 0.2) is 0 Å². The van der Waals surface area contributed by atoms with Gasteiger partial charge in [0, 0.05) is 22.6 Å². The molecule has 0 fully saturated rings. The molecule has 0 saturated heterocycles. The van der Waals surface area contributed by atoms with E-state index < -0.39 is 0 Å². The molecule has 98 valence electrons. The first-order valence-electron chi connectivity index (χ1n) is 6.71. The monoisotopic (exact) mass is 269 g/mol. The average molecular weight is 269 g/mol. The largest absolute Gasteiger partial charge is 0.323 e. The highest BCUT2D eigenvalue weighted by Gasteiger charge is 2.28. The number of nitrogens with two attached hydrogens (primary N) is 1. The lowest BCUT2D eigenvalue weighted by atomic mass is 9.88. The van der Waals surface area contributed by atoms with Crippen LogP contribution in [0.3, 0.4) is 0 Å². The van der Waals surface area contributed by atoms with Crippen LogP contribution in [0.25, 0.3) is 0 Å². The molecule has 0 aromatic heterocycles. The fourth-order valence-electron chi connectivity index (χ4n) is 2.69. The van der Waals surface area contributed by atoms with Crippen molar-refractivity contribution in [2.45, 2.75) is 30.7 Å². The van der Waals surface area contributed by atoms with Crippen LogP contribution in [0, 0.1) is 13.8 Å². The molecule has 2 unspecified atom stereocenters. The average Bonchev–Trinajstić information content (AvgIpc) is 2.85. The van der Waals surface area contributed by atoms with Gasteiger partial charge in [-0.15, -0.1) is 11.8 Å². The van der Waals surface area contributed by atoms with E-state index in [1.165, 1.54) is 27.1 Å². The van der Waals surface area contributed by atoms with Gasteiger partial charge in [-0.1, -0.05) is 36.4 Å². The number of rotatable bonds is 2. The summed E-state index contributed by atoms with van der Waals surface area (Å²) in [5.74, 6) is 1.52. The van der Waals surface area contributed by atoms with E-state index in [4.69, 9.17) is 5.73 Å². The molecule has 1 heterocycles. The smallest absolute Gasteiger partial charge is 0.0373 e. The molecule has 0 bridgehead atoms. The van der Waals surface area contributed by atoms with Gasteiger partial charge in [0.2, 0.25) is 0 Å². The molecule has 1 nitrogen and oxygen atoms in total. The Bertz CT molecular complexity index is 606. The van der Waals surface area contributed by atoms with E-state index in [9.17, 15) is 0 Å². The Kier molecular flexibility index (Phi) is 3.38. The van der Waals surface area contributed by atoms with Crippen LogP contribution >= 0.6 is 11.8 Å². The summed E-state index contributed by atoms with van der Waals surface area (Å²) in [4.78, 5) is 1.40.